The van der Waals surface area contributed by atoms with Gasteiger partial charge in [-0.3, -0.25) is 4.98 Å². The normalized spacial score (nSPS) is 16.5. The van der Waals surface area contributed by atoms with Crippen molar-refractivity contribution >= 4 is 21.9 Å². The van der Waals surface area contributed by atoms with Crippen LogP contribution < -0.4 is 0 Å². The predicted octanol–water partition coefficient (Wildman–Crippen LogP) is 8.14. The van der Waals surface area contributed by atoms with Crippen LogP contribution in [0.1, 0.15) is 52.6 Å². The van der Waals surface area contributed by atoms with Crippen molar-refractivity contribution in [1.29, 1.82) is 0 Å². The Labute approximate surface area is 199 Å². The molecule has 0 fully saturated rings. The van der Waals surface area contributed by atoms with Crippen LogP contribution in [0.3, 0.4) is 0 Å². The molecule has 0 saturated heterocycles. The highest BCUT2D eigenvalue weighted by atomic mass is 16.3. The summed E-state index contributed by atoms with van der Waals surface area (Å²) >= 11 is 0. The summed E-state index contributed by atoms with van der Waals surface area (Å²) in [6, 6.07) is 21.4. The lowest BCUT2D eigenvalue weighted by Gasteiger charge is -2.20. The Kier molecular flexibility index (Phi) is 3.45. The van der Waals surface area contributed by atoms with Gasteiger partial charge >= 0.3 is 0 Å². The van der Waals surface area contributed by atoms with E-state index < -0.39 is 25.0 Å². The number of pyridine rings is 1. The second-order valence-corrected chi connectivity index (χ2v) is 8.98. The van der Waals surface area contributed by atoms with E-state index in [2.05, 4.69) is 4.98 Å². The fourth-order valence-corrected chi connectivity index (χ4v) is 3.88. The van der Waals surface area contributed by atoms with Gasteiger partial charge in [-0.25, -0.2) is 0 Å². The Hall–Kier alpha value is -3.39. The molecule has 0 spiro atoms. The van der Waals surface area contributed by atoms with E-state index in [0.717, 1.165) is 10.8 Å². The molecule has 0 N–H and O–H groups in total. The summed E-state index contributed by atoms with van der Waals surface area (Å²) < 4.78 is 65.4. The number of benzene rings is 3. The lowest BCUT2D eigenvalue weighted by molar-refractivity contribution is 0.410. The molecule has 2 heterocycles. The van der Waals surface area contributed by atoms with Gasteiger partial charge in [0.05, 0.1) is 5.69 Å². The van der Waals surface area contributed by atoms with E-state index >= 15 is 0 Å². The summed E-state index contributed by atoms with van der Waals surface area (Å²) in [7, 11) is 0. The van der Waals surface area contributed by atoms with Crippen LogP contribution in [0.15, 0.2) is 83.4 Å². The molecule has 0 aliphatic heterocycles. The number of hydrogen-bond donors (Lipinski definition) is 0. The SMILES string of the molecule is [2H]C([2H])([2H])c1cnc(-c2cccc3c2oc2cc(C([2H])([2H])c4ccccc4)ccc23)cc1C([2H])([2H])C(C)(C)C. The van der Waals surface area contributed by atoms with Crippen LogP contribution in [0.4, 0.5) is 0 Å². The first-order chi connectivity index (χ1) is 18.1. The molecule has 2 heteroatoms. The van der Waals surface area contributed by atoms with Crippen molar-refractivity contribution in [3.05, 3.63) is 101 Å². The highest BCUT2D eigenvalue weighted by molar-refractivity contribution is 6.09. The maximum atomic E-state index is 8.83. The predicted molar refractivity (Wildman–Crippen MR) is 134 cm³/mol. The molecule has 0 radical (unpaired) electrons. The van der Waals surface area contributed by atoms with Crippen LogP contribution in [0, 0.1) is 12.3 Å². The summed E-state index contributed by atoms with van der Waals surface area (Å²) in [5, 5.41) is 1.61. The van der Waals surface area contributed by atoms with E-state index in [0.29, 0.717) is 33.6 Å². The van der Waals surface area contributed by atoms with Crippen molar-refractivity contribution in [2.75, 3.05) is 0 Å². The minimum absolute atomic E-state index is 0.0754. The van der Waals surface area contributed by atoms with Gasteiger partial charge in [-0.2, -0.15) is 0 Å². The van der Waals surface area contributed by atoms with E-state index in [1.165, 1.54) is 12.3 Å². The average molecular weight is 427 g/mol. The summed E-state index contributed by atoms with van der Waals surface area (Å²) in [6.07, 6.45) is -2.43. The molecule has 0 aliphatic rings. The Morgan fingerprint density at radius 2 is 1.75 bits per heavy atom. The first kappa shape index (κ1) is 13.9. The van der Waals surface area contributed by atoms with Crippen molar-refractivity contribution in [2.24, 2.45) is 5.41 Å². The van der Waals surface area contributed by atoms with Crippen molar-refractivity contribution in [2.45, 2.75) is 40.4 Å². The first-order valence-electron chi connectivity index (χ1n) is 14.1. The zero-order valence-corrected chi connectivity index (χ0v) is 18.4. The molecule has 2 nitrogen and oxygen atoms in total. The molecule has 32 heavy (non-hydrogen) atoms. The van der Waals surface area contributed by atoms with Crippen LogP contribution >= 0.6 is 0 Å². The number of rotatable bonds is 4. The summed E-state index contributed by atoms with van der Waals surface area (Å²) in [6.45, 7) is 2.69. The highest BCUT2D eigenvalue weighted by Crippen LogP contribution is 2.36. The van der Waals surface area contributed by atoms with Crippen molar-refractivity contribution in [3.63, 3.8) is 0 Å². The maximum absolute atomic E-state index is 8.83. The molecule has 5 aromatic rings. The van der Waals surface area contributed by atoms with Gasteiger partial charge < -0.3 is 4.42 Å². The standard InChI is InChI=1S/C30H29NO/c1-20-19-31-27(17-23(20)18-30(2,3)4)26-12-8-11-25-24-14-13-22(16-28(24)32-29(25)26)15-21-9-6-5-7-10-21/h5-14,16-17,19H,15,18H2,1-4H3/i1D3,15D2,18D2. The highest BCUT2D eigenvalue weighted by Gasteiger charge is 2.17. The fraction of sp³-hybridized carbons (Fsp3) is 0.233. The summed E-state index contributed by atoms with van der Waals surface area (Å²) in [5.74, 6) is 0. The van der Waals surface area contributed by atoms with Gasteiger partial charge in [0.15, 0.2) is 0 Å². The van der Waals surface area contributed by atoms with E-state index in [1.807, 2.05) is 30.3 Å². The van der Waals surface area contributed by atoms with Crippen LogP contribution in [0.2, 0.25) is 0 Å². The molecular weight excluding hydrogens is 390 g/mol. The maximum Gasteiger partial charge on any atom is 0.144 e. The van der Waals surface area contributed by atoms with E-state index in [1.54, 1.807) is 57.2 Å². The lowest BCUT2D eigenvalue weighted by Crippen LogP contribution is -2.10. The number of fused-ring (bicyclic) bond motifs is 3. The van der Waals surface area contributed by atoms with Gasteiger partial charge in [-0.05, 0) is 65.5 Å². The number of aryl methyl sites for hydroxylation is 1. The van der Waals surface area contributed by atoms with Gasteiger partial charge in [0.1, 0.15) is 11.2 Å². The number of furan rings is 1. The van der Waals surface area contributed by atoms with Gasteiger partial charge in [0.25, 0.3) is 0 Å². The van der Waals surface area contributed by atoms with Gasteiger partial charge in [0.2, 0.25) is 0 Å². The Morgan fingerprint density at radius 3 is 2.53 bits per heavy atom. The van der Waals surface area contributed by atoms with Gasteiger partial charge in [0, 0.05) is 32.1 Å². The zero-order valence-electron chi connectivity index (χ0n) is 25.4. The van der Waals surface area contributed by atoms with Crippen LogP contribution in [0.25, 0.3) is 33.2 Å². The Balaban J connectivity index is 1.69. The van der Waals surface area contributed by atoms with Crippen LogP contribution in [-0.4, -0.2) is 4.98 Å². The van der Waals surface area contributed by atoms with E-state index in [9.17, 15) is 0 Å². The van der Waals surface area contributed by atoms with E-state index in [4.69, 9.17) is 14.0 Å². The van der Waals surface area contributed by atoms with Crippen molar-refractivity contribution < 1.29 is 14.0 Å². The van der Waals surface area contributed by atoms with Gasteiger partial charge in [-0.15, -0.1) is 0 Å². The molecule has 3 aromatic carbocycles. The number of nitrogens with zero attached hydrogens (tertiary/aromatic N) is 1. The third kappa shape index (κ3) is 4.05. The second-order valence-electron chi connectivity index (χ2n) is 8.98. The van der Waals surface area contributed by atoms with Crippen LogP contribution in [-0.2, 0) is 12.7 Å². The number of aromatic nitrogens is 1. The smallest absolute Gasteiger partial charge is 0.144 e. The quantitative estimate of drug-likeness (QED) is 0.290. The molecule has 0 saturated carbocycles. The van der Waals surface area contributed by atoms with Crippen molar-refractivity contribution in [1.82, 2.24) is 4.98 Å². The monoisotopic (exact) mass is 426 g/mol. The van der Waals surface area contributed by atoms with E-state index in [-0.39, 0.29) is 11.1 Å². The first-order valence-corrected chi connectivity index (χ1v) is 10.6. The minimum Gasteiger partial charge on any atom is -0.455 e. The number of hydrogen-bond acceptors (Lipinski definition) is 2. The largest absolute Gasteiger partial charge is 0.455 e. The third-order valence-electron chi connectivity index (χ3n) is 5.25. The molecule has 0 bridgehead atoms. The van der Waals surface area contributed by atoms with Crippen molar-refractivity contribution in [3.8, 4) is 11.3 Å². The second kappa shape index (κ2) is 7.94. The molecule has 0 aliphatic carbocycles. The molecule has 160 valence electrons. The molecule has 0 atom stereocenters. The lowest BCUT2D eigenvalue weighted by atomic mass is 9.86. The molecule has 2 aromatic heterocycles. The summed E-state index contributed by atoms with van der Waals surface area (Å²) in [5.41, 5.74) is 2.12. The topological polar surface area (TPSA) is 26.0 Å². The molecule has 5 rings (SSSR count). The Bertz CT molecular complexity index is 1680. The Morgan fingerprint density at radius 1 is 0.906 bits per heavy atom. The fourth-order valence-electron chi connectivity index (χ4n) is 3.88. The zero-order chi connectivity index (χ0) is 28.4. The van der Waals surface area contributed by atoms with Gasteiger partial charge in [-0.1, -0.05) is 75.4 Å². The number of para-hydroxylation sites is 1. The third-order valence-corrected chi connectivity index (χ3v) is 5.25. The molecular formula is C30H29NO. The molecule has 0 unspecified atom stereocenters. The minimum atomic E-state index is -2.53. The average Bonchev–Trinajstić information content (AvgIpc) is 3.26. The van der Waals surface area contributed by atoms with Crippen LogP contribution in [0.5, 0.6) is 0 Å². The molecule has 0 amide bonds. The summed E-state index contributed by atoms with van der Waals surface area (Å²) in [4.78, 5) is 4.44.